The van der Waals surface area contributed by atoms with E-state index in [0.29, 0.717) is 12.3 Å². The van der Waals surface area contributed by atoms with Crippen LogP contribution in [-0.2, 0) is 14.3 Å². The SMILES string of the molecule is COCCN1CCCC(c2ccc(C(O[C@@H](CC(C)C)C(=O)O)c3ccccc3)cc2)C1. The lowest BCUT2D eigenvalue weighted by Crippen LogP contribution is -2.36. The lowest BCUT2D eigenvalue weighted by atomic mass is 9.89. The van der Waals surface area contributed by atoms with Crippen LogP contribution in [0.4, 0.5) is 0 Å². The summed E-state index contributed by atoms with van der Waals surface area (Å²) < 4.78 is 11.5. The molecule has 0 saturated carbocycles. The van der Waals surface area contributed by atoms with Gasteiger partial charge in [-0.25, -0.2) is 4.79 Å². The van der Waals surface area contributed by atoms with E-state index in [-0.39, 0.29) is 5.92 Å². The van der Waals surface area contributed by atoms with Crippen molar-refractivity contribution in [2.24, 2.45) is 5.92 Å². The highest BCUT2D eigenvalue weighted by atomic mass is 16.5. The number of ether oxygens (including phenoxy) is 2. The molecule has 0 aromatic heterocycles. The van der Waals surface area contributed by atoms with E-state index in [1.807, 2.05) is 44.2 Å². The minimum atomic E-state index is -0.908. The van der Waals surface area contributed by atoms with Gasteiger partial charge in [0, 0.05) is 20.2 Å². The quantitative estimate of drug-likeness (QED) is 0.527. The zero-order valence-electron chi connectivity index (χ0n) is 19.6. The number of hydrogen-bond acceptors (Lipinski definition) is 4. The number of aliphatic carboxylic acids is 1. The molecule has 2 aromatic carbocycles. The second-order valence-corrected chi connectivity index (χ2v) is 9.18. The van der Waals surface area contributed by atoms with Crippen molar-refractivity contribution in [3.63, 3.8) is 0 Å². The topological polar surface area (TPSA) is 59.0 Å². The average molecular weight is 440 g/mol. The number of carbonyl (C=O) groups is 1. The van der Waals surface area contributed by atoms with Crippen LogP contribution >= 0.6 is 0 Å². The molecule has 1 N–H and O–H groups in total. The van der Waals surface area contributed by atoms with Crippen LogP contribution in [0, 0.1) is 5.92 Å². The van der Waals surface area contributed by atoms with Gasteiger partial charge in [-0.2, -0.15) is 0 Å². The van der Waals surface area contributed by atoms with E-state index in [1.165, 1.54) is 18.4 Å². The monoisotopic (exact) mass is 439 g/mol. The summed E-state index contributed by atoms with van der Waals surface area (Å²) in [6.45, 7) is 7.97. The minimum absolute atomic E-state index is 0.238. The second-order valence-electron chi connectivity index (χ2n) is 9.18. The Balaban J connectivity index is 1.79. The summed E-state index contributed by atoms with van der Waals surface area (Å²) in [7, 11) is 1.75. The van der Waals surface area contributed by atoms with Crippen molar-refractivity contribution in [1.29, 1.82) is 0 Å². The van der Waals surface area contributed by atoms with Gasteiger partial charge < -0.3 is 19.5 Å². The maximum absolute atomic E-state index is 11.9. The van der Waals surface area contributed by atoms with Gasteiger partial charge in [-0.1, -0.05) is 68.4 Å². The summed E-state index contributed by atoms with van der Waals surface area (Å²) in [6.07, 6.45) is 1.62. The first-order valence-electron chi connectivity index (χ1n) is 11.7. The average Bonchev–Trinajstić information content (AvgIpc) is 2.81. The molecule has 0 bridgehead atoms. The van der Waals surface area contributed by atoms with Gasteiger partial charge in [0.1, 0.15) is 6.10 Å². The predicted molar refractivity (Wildman–Crippen MR) is 127 cm³/mol. The molecule has 3 rings (SSSR count). The molecular formula is C27H37NO4. The van der Waals surface area contributed by atoms with E-state index in [1.54, 1.807) is 7.11 Å². The molecule has 0 aliphatic carbocycles. The first kappa shape index (κ1) is 24.4. The van der Waals surface area contributed by atoms with E-state index in [0.717, 1.165) is 37.4 Å². The molecule has 2 aromatic rings. The van der Waals surface area contributed by atoms with Gasteiger partial charge in [-0.05, 0) is 54.3 Å². The summed E-state index contributed by atoms with van der Waals surface area (Å²) in [5.41, 5.74) is 3.29. The Morgan fingerprint density at radius 1 is 1.09 bits per heavy atom. The van der Waals surface area contributed by atoms with Crippen molar-refractivity contribution < 1.29 is 19.4 Å². The molecule has 1 aliphatic heterocycles. The molecule has 1 saturated heterocycles. The van der Waals surface area contributed by atoms with Crippen LogP contribution in [-0.4, -0.2) is 55.4 Å². The van der Waals surface area contributed by atoms with Gasteiger partial charge in [0.15, 0.2) is 6.10 Å². The van der Waals surface area contributed by atoms with Crippen LogP contribution in [0.15, 0.2) is 54.6 Å². The molecule has 1 heterocycles. The van der Waals surface area contributed by atoms with Gasteiger partial charge in [0.25, 0.3) is 0 Å². The normalized spacial score (nSPS) is 19.1. The number of hydrogen-bond donors (Lipinski definition) is 1. The summed E-state index contributed by atoms with van der Waals surface area (Å²) in [5, 5.41) is 9.73. The van der Waals surface area contributed by atoms with E-state index in [9.17, 15) is 9.90 Å². The molecule has 0 radical (unpaired) electrons. The van der Waals surface area contributed by atoms with Crippen LogP contribution in [0.25, 0.3) is 0 Å². The van der Waals surface area contributed by atoms with Crippen molar-refractivity contribution in [2.75, 3.05) is 33.4 Å². The van der Waals surface area contributed by atoms with Crippen LogP contribution in [0.2, 0.25) is 0 Å². The molecule has 3 atom stereocenters. The van der Waals surface area contributed by atoms with Crippen molar-refractivity contribution in [3.8, 4) is 0 Å². The van der Waals surface area contributed by atoms with Crippen molar-refractivity contribution in [3.05, 3.63) is 71.3 Å². The molecule has 5 heteroatoms. The smallest absolute Gasteiger partial charge is 0.332 e. The van der Waals surface area contributed by atoms with E-state index >= 15 is 0 Å². The van der Waals surface area contributed by atoms with Gasteiger partial charge >= 0.3 is 5.97 Å². The van der Waals surface area contributed by atoms with Crippen molar-refractivity contribution in [2.45, 2.75) is 51.2 Å². The van der Waals surface area contributed by atoms with E-state index < -0.39 is 18.2 Å². The fraction of sp³-hybridized carbons (Fsp3) is 0.519. The molecule has 1 aliphatic rings. The largest absolute Gasteiger partial charge is 0.479 e. The number of carboxylic acids is 1. The van der Waals surface area contributed by atoms with E-state index in [2.05, 4.69) is 29.2 Å². The van der Waals surface area contributed by atoms with Gasteiger partial charge in [-0.3, -0.25) is 0 Å². The first-order chi connectivity index (χ1) is 15.5. The molecule has 174 valence electrons. The Bertz CT molecular complexity index is 821. The fourth-order valence-electron chi connectivity index (χ4n) is 4.48. The molecule has 2 unspecified atom stereocenters. The second kappa shape index (κ2) is 12.1. The summed E-state index contributed by atoms with van der Waals surface area (Å²) in [4.78, 5) is 14.3. The molecular weight excluding hydrogens is 402 g/mol. The highest BCUT2D eigenvalue weighted by Crippen LogP contribution is 2.32. The molecule has 0 spiro atoms. The van der Waals surface area contributed by atoms with Crippen LogP contribution in [0.1, 0.15) is 61.8 Å². The lowest BCUT2D eigenvalue weighted by molar-refractivity contribution is -0.154. The van der Waals surface area contributed by atoms with Crippen molar-refractivity contribution in [1.82, 2.24) is 4.90 Å². The Hall–Kier alpha value is -2.21. The summed E-state index contributed by atoms with van der Waals surface area (Å²) >= 11 is 0. The Kier molecular flexibility index (Phi) is 9.27. The minimum Gasteiger partial charge on any atom is -0.479 e. The number of nitrogens with zero attached hydrogens (tertiary/aromatic N) is 1. The molecule has 1 fully saturated rings. The lowest BCUT2D eigenvalue weighted by Gasteiger charge is -2.33. The number of rotatable bonds is 11. The fourth-order valence-corrected chi connectivity index (χ4v) is 4.48. The van der Waals surface area contributed by atoms with Gasteiger partial charge in [0.05, 0.1) is 6.61 Å². The Morgan fingerprint density at radius 2 is 1.78 bits per heavy atom. The Labute approximate surface area is 192 Å². The van der Waals surface area contributed by atoms with Crippen molar-refractivity contribution >= 4 is 5.97 Å². The van der Waals surface area contributed by atoms with Crippen LogP contribution in [0.5, 0.6) is 0 Å². The van der Waals surface area contributed by atoms with Crippen LogP contribution < -0.4 is 0 Å². The third-order valence-electron chi connectivity index (χ3n) is 6.19. The van der Waals surface area contributed by atoms with Crippen LogP contribution in [0.3, 0.4) is 0 Å². The van der Waals surface area contributed by atoms with Gasteiger partial charge in [-0.15, -0.1) is 0 Å². The molecule has 32 heavy (non-hydrogen) atoms. The zero-order chi connectivity index (χ0) is 22.9. The number of benzene rings is 2. The standard InChI is InChI=1S/C27H37NO4/c1-20(2)18-25(27(29)30)32-26(22-8-5-4-6-9-22)23-13-11-21(12-14-23)24-10-7-15-28(19-24)16-17-31-3/h4-6,8-9,11-14,20,24-26H,7,10,15-19H2,1-3H3,(H,29,30)/t24?,25-,26?/m0/s1. The Morgan fingerprint density at radius 3 is 2.41 bits per heavy atom. The summed E-state index contributed by atoms with van der Waals surface area (Å²) in [6, 6.07) is 18.5. The number of piperidine rings is 1. The first-order valence-corrected chi connectivity index (χ1v) is 11.7. The molecule has 5 nitrogen and oxygen atoms in total. The number of methoxy groups -OCH3 is 1. The maximum Gasteiger partial charge on any atom is 0.332 e. The van der Waals surface area contributed by atoms with Gasteiger partial charge in [0.2, 0.25) is 0 Å². The molecule has 0 amide bonds. The van der Waals surface area contributed by atoms with E-state index in [4.69, 9.17) is 9.47 Å². The third-order valence-corrected chi connectivity index (χ3v) is 6.19. The summed E-state index contributed by atoms with van der Waals surface area (Å²) in [5.74, 6) is -0.157. The highest BCUT2D eigenvalue weighted by Gasteiger charge is 2.27. The predicted octanol–water partition coefficient (Wildman–Crippen LogP) is 5.12. The number of likely N-dealkylation sites (tertiary alicyclic amines) is 1. The zero-order valence-corrected chi connectivity index (χ0v) is 19.6. The third kappa shape index (κ3) is 6.89. The maximum atomic E-state index is 11.9. The number of carboxylic acid groups (broad SMARTS) is 1. The highest BCUT2D eigenvalue weighted by molar-refractivity contribution is 5.72.